The quantitative estimate of drug-likeness (QED) is 0.108. The number of benzene rings is 3. The van der Waals surface area contributed by atoms with E-state index in [2.05, 4.69) is 39.6 Å². The van der Waals surface area contributed by atoms with E-state index in [9.17, 15) is 14.9 Å². The minimum absolute atomic E-state index is 0.0370. The lowest BCUT2D eigenvalue weighted by atomic mass is 10.1. The molecule has 0 saturated carbocycles. The average molecular weight is 669 g/mol. The van der Waals surface area contributed by atoms with Gasteiger partial charge in [0.15, 0.2) is 5.17 Å². The van der Waals surface area contributed by atoms with Crippen molar-refractivity contribution in [3.05, 3.63) is 96.4 Å². The number of thioether (sulfide) groups is 1. The number of ether oxygens (including phenoxy) is 1. The molecule has 0 unspecified atom stereocenters. The van der Waals surface area contributed by atoms with E-state index < -0.39 is 4.92 Å². The van der Waals surface area contributed by atoms with Gasteiger partial charge in [0.25, 0.3) is 11.6 Å². The number of anilines is 1. The molecule has 0 atom stereocenters. The Morgan fingerprint density at radius 3 is 2.55 bits per heavy atom. The molecular weight excluding hydrogens is 639 g/mol. The van der Waals surface area contributed by atoms with Gasteiger partial charge in [-0.25, -0.2) is 4.99 Å². The summed E-state index contributed by atoms with van der Waals surface area (Å²) in [6.45, 7) is 4.90. The van der Waals surface area contributed by atoms with Crippen LogP contribution >= 0.6 is 34.4 Å². The third kappa shape index (κ3) is 6.67. The largest absolute Gasteiger partial charge is 0.488 e. The van der Waals surface area contributed by atoms with Crippen LogP contribution in [0.3, 0.4) is 0 Å². The van der Waals surface area contributed by atoms with Crippen molar-refractivity contribution in [3.8, 4) is 5.75 Å². The number of amidine groups is 1. The molecule has 3 aromatic rings. The van der Waals surface area contributed by atoms with Crippen LogP contribution in [0.15, 0.2) is 76.6 Å². The van der Waals surface area contributed by atoms with Gasteiger partial charge in [0, 0.05) is 37.5 Å². The van der Waals surface area contributed by atoms with E-state index in [-0.39, 0.29) is 18.2 Å². The Hall–Kier alpha value is -3.38. The molecule has 40 heavy (non-hydrogen) atoms. The number of hydrogen-bond donors (Lipinski definition) is 0. The minimum Gasteiger partial charge on any atom is -0.488 e. The summed E-state index contributed by atoms with van der Waals surface area (Å²) in [4.78, 5) is 33.3. The summed E-state index contributed by atoms with van der Waals surface area (Å²) >= 11 is 3.58. The number of non-ortho nitro benzene ring substituents is 1. The van der Waals surface area contributed by atoms with Crippen molar-refractivity contribution in [2.45, 2.75) is 32.8 Å². The summed E-state index contributed by atoms with van der Waals surface area (Å²) < 4.78 is 6.79. The van der Waals surface area contributed by atoms with Gasteiger partial charge in [-0.05, 0) is 114 Å². The van der Waals surface area contributed by atoms with Crippen molar-refractivity contribution >= 4 is 68.6 Å². The van der Waals surface area contributed by atoms with E-state index in [0.717, 1.165) is 33.5 Å². The number of piperidine rings is 1. The van der Waals surface area contributed by atoms with E-state index in [4.69, 9.17) is 9.73 Å². The van der Waals surface area contributed by atoms with Crippen molar-refractivity contribution in [1.82, 2.24) is 4.90 Å². The number of nitrogens with zero attached hydrogens (tertiary/aromatic N) is 4. The van der Waals surface area contributed by atoms with Crippen LogP contribution in [0, 0.1) is 13.7 Å². The van der Waals surface area contributed by atoms with Gasteiger partial charge < -0.3 is 9.64 Å². The number of carbonyl (C=O) groups excluding carboxylic acids is 1. The monoisotopic (exact) mass is 668 g/mol. The highest BCUT2D eigenvalue weighted by Crippen LogP contribution is 2.35. The molecular formula is C30H29IN4O4S. The zero-order valence-corrected chi connectivity index (χ0v) is 25.1. The van der Waals surface area contributed by atoms with E-state index in [1.165, 1.54) is 48.8 Å². The predicted octanol–water partition coefficient (Wildman–Crippen LogP) is 7.39. The Bertz CT molecular complexity index is 1470. The Labute approximate surface area is 251 Å². The van der Waals surface area contributed by atoms with Gasteiger partial charge in [0.05, 0.1) is 19.1 Å². The summed E-state index contributed by atoms with van der Waals surface area (Å²) in [7, 11) is 0. The number of nitro benzene ring substituents is 1. The molecule has 0 spiro atoms. The van der Waals surface area contributed by atoms with Gasteiger partial charge in [0.2, 0.25) is 0 Å². The molecule has 2 aliphatic rings. The number of aliphatic imine (C=N–C) groups is 1. The van der Waals surface area contributed by atoms with E-state index in [1.54, 1.807) is 17.0 Å². The average Bonchev–Trinajstić information content (AvgIpc) is 3.26. The van der Waals surface area contributed by atoms with Crippen LogP contribution < -0.4 is 9.64 Å². The minimum atomic E-state index is -0.417. The maximum absolute atomic E-state index is 13.2. The van der Waals surface area contributed by atoms with Crippen LogP contribution in [0.5, 0.6) is 5.75 Å². The Morgan fingerprint density at radius 2 is 1.85 bits per heavy atom. The van der Waals surface area contributed by atoms with Crippen molar-refractivity contribution < 1.29 is 14.5 Å². The first-order valence-electron chi connectivity index (χ1n) is 13.2. The number of nitro groups is 1. The van der Waals surface area contributed by atoms with Gasteiger partial charge in [-0.1, -0.05) is 18.2 Å². The highest BCUT2D eigenvalue weighted by Gasteiger charge is 2.32. The summed E-state index contributed by atoms with van der Waals surface area (Å²) in [6, 6.07) is 20.4. The Morgan fingerprint density at radius 1 is 1.07 bits per heavy atom. The van der Waals surface area contributed by atoms with Gasteiger partial charge in [-0.3, -0.25) is 19.8 Å². The number of rotatable bonds is 8. The molecule has 8 nitrogen and oxygen atoms in total. The normalized spacial score (nSPS) is 17.6. The lowest BCUT2D eigenvalue weighted by Crippen LogP contribution is -2.29. The first-order valence-corrected chi connectivity index (χ1v) is 15.1. The molecule has 0 radical (unpaired) electrons. The molecule has 0 aromatic heterocycles. The Kier molecular flexibility index (Phi) is 9.05. The third-order valence-electron chi connectivity index (χ3n) is 6.77. The number of amides is 1. The zero-order chi connectivity index (χ0) is 28.1. The predicted molar refractivity (Wildman–Crippen MR) is 169 cm³/mol. The second-order valence-corrected chi connectivity index (χ2v) is 11.7. The fraction of sp³-hybridized carbons (Fsp3) is 0.267. The van der Waals surface area contributed by atoms with E-state index in [0.29, 0.717) is 22.4 Å². The van der Waals surface area contributed by atoms with Crippen LogP contribution in [-0.2, 0) is 11.4 Å². The van der Waals surface area contributed by atoms with Gasteiger partial charge in [-0.2, -0.15) is 0 Å². The topological polar surface area (TPSA) is 88.3 Å². The molecule has 2 aliphatic heterocycles. The molecule has 0 bridgehead atoms. The van der Waals surface area contributed by atoms with Crippen LogP contribution in [0.1, 0.15) is 37.3 Å². The maximum Gasteiger partial charge on any atom is 0.269 e. The highest BCUT2D eigenvalue weighted by molar-refractivity contribution is 14.1. The second-order valence-electron chi connectivity index (χ2n) is 9.52. The fourth-order valence-electron chi connectivity index (χ4n) is 4.67. The van der Waals surface area contributed by atoms with Crippen molar-refractivity contribution in [2.24, 2.45) is 4.99 Å². The fourth-order valence-corrected chi connectivity index (χ4v) is 6.42. The third-order valence-corrected chi connectivity index (χ3v) is 8.62. The SMILES string of the molecule is CCN1C(=O)/C(=C/c2ccc(OCc3cccc([N+](=O)[O-])c3)c(I)c2)SC1=Nc1ccc(N2CCCCC2)cc1. The molecule has 10 heteroatoms. The number of halogens is 1. The summed E-state index contributed by atoms with van der Waals surface area (Å²) in [5.74, 6) is 0.613. The standard InChI is InChI=1S/C30H29IN4O4S/c1-2-34-29(36)28(40-30(34)32-23-10-12-24(13-11-23)33-15-4-3-5-16-33)19-21-9-14-27(26(31)18-21)39-20-22-7-6-8-25(17-22)35(37)38/h6-14,17-19H,2-5,15-16,20H2,1H3/b28-19-,32-30?. The second kappa shape index (κ2) is 12.9. The van der Waals surface area contributed by atoms with Crippen LogP contribution in [0.25, 0.3) is 6.08 Å². The van der Waals surface area contributed by atoms with Crippen molar-refractivity contribution in [1.29, 1.82) is 0 Å². The zero-order valence-electron chi connectivity index (χ0n) is 22.1. The summed E-state index contributed by atoms with van der Waals surface area (Å²) in [5.41, 5.74) is 3.69. The molecule has 206 valence electrons. The molecule has 1 amide bonds. The number of likely N-dealkylation sites (N-methyl/N-ethyl adjacent to an activating group) is 1. The Balaban J connectivity index is 1.28. The first kappa shape index (κ1) is 28.2. The number of hydrogen-bond acceptors (Lipinski definition) is 7. The molecule has 3 aromatic carbocycles. The molecule has 5 rings (SSSR count). The van der Waals surface area contributed by atoms with Crippen LogP contribution in [0.4, 0.5) is 17.1 Å². The van der Waals surface area contributed by atoms with E-state index >= 15 is 0 Å². The van der Waals surface area contributed by atoms with Crippen molar-refractivity contribution in [3.63, 3.8) is 0 Å². The molecule has 0 aliphatic carbocycles. The summed E-state index contributed by atoms with van der Waals surface area (Å²) in [5, 5.41) is 11.7. The molecule has 2 saturated heterocycles. The number of carbonyl (C=O) groups is 1. The molecule has 2 heterocycles. The highest BCUT2D eigenvalue weighted by atomic mass is 127. The van der Waals surface area contributed by atoms with Gasteiger partial charge in [-0.15, -0.1) is 0 Å². The lowest BCUT2D eigenvalue weighted by Gasteiger charge is -2.28. The lowest BCUT2D eigenvalue weighted by molar-refractivity contribution is -0.384. The van der Waals surface area contributed by atoms with Crippen LogP contribution in [-0.4, -0.2) is 40.5 Å². The summed E-state index contributed by atoms with van der Waals surface area (Å²) in [6.07, 6.45) is 5.65. The van der Waals surface area contributed by atoms with Crippen molar-refractivity contribution in [2.75, 3.05) is 24.5 Å². The van der Waals surface area contributed by atoms with E-state index in [1.807, 2.05) is 43.3 Å². The maximum atomic E-state index is 13.2. The first-order chi connectivity index (χ1) is 19.4. The van der Waals surface area contributed by atoms with Gasteiger partial charge in [0.1, 0.15) is 12.4 Å². The van der Waals surface area contributed by atoms with Crippen LogP contribution in [0.2, 0.25) is 0 Å². The van der Waals surface area contributed by atoms with Gasteiger partial charge >= 0.3 is 0 Å². The molecule has 2 fully saturated rings. The molecule has 0 N–H and O–H groups in total. The smallest absolute Gasteiger partial charge is 0.269 e.